The van der Waals surface area contributed by atoms with E-state index in [1.807, 2.05) is 0 Å². The van der Waals surface area contributed by atoms with E-state index in [-0.39, 0.29) is 0 Å². The Morgan fingerprint density at radius 2 is 0.647 bits per heavy atom. The van der Waals surface area contributed by atoms with Crippen LogP contribution in [-0.2, 0) is 0 Å². The maximum absolute atomic E-state index is 2.45. The highest BCUT2D eigenvalue weighted by Crippen LogP contribution is 2.47. The monoisotopic (exact) mass is 858 g/mol. The van der Waals surface area contributed by atoms with Crippen LogP contribution >= 0.6 is 0 Å². The molecule has 0 unspecified atom stereocenters. The van der Waals surface area contributed by atoms with E-state index >= 15 is 0 Å². The molecule has 0 aliphatic heterocycles. The lowest BCUT2D eigenvalue weighted by molar-refractivity contribution is 1.62. The summed E-state index contributed by atoms with van der Waals surface area (Å²) in [6.07, 6.45) is 0. The lowest BCUT2D eigenvalue weighted by atomic mass is 9.84. The summed E-state index contributed by atoms with van der Waals surface area (Å²) in [7, 11) is 0. The van der Waals surface area contributed by atoms with Gasteiger partial charge >= 0.3 is 0 Å². The number of fused-ring (bicyclic) bond motifs is 4. The molecule has 14 aromatic rings. The molecule has 14 aromatic carbocycles. The van der Waals surface area contributed by atoms with Crippen molar-refractivity contribution in [1.29, 1.82) is 0 Å². The van der Waals surface area contributed by atoms with Crippen LogP contribution in [0.1, 0.15) is 0 Å². The van der Waals surface area contributed by atoms with Gasteiger partial charge in [0, 0.05) is 0 Å². The lowest BCUT2D eigenvalue weighted by Crippen LogP contribution is -1.92. The number of hydrogen-bond donors (Lipinski definition) is 0. The maximum Gasteiger partial charge on any atom is -0.00203 e. The van der Waals surface area contributed by atoms with Gasteiger partial charge in [-0.25, -0.2) is 0 Å². The molecule has 0 fully saturated rings. The fourth-order valence-corrected chi connectivity index (χ4v) is 11.4. The summed E-state index contributed by atoms with van der Waals surface area (Å²) in [6.45, 7) is 0. The third-order valence-electron chi connectivity index (χ3n) is 14.6. The molecule has 0 aliphatic carbocycles. The number of rotatable bonds is 6. The van der Waals surface area contributed by atoms with Crippen LogP contribution in [0.3, 0.4) is 0 Å². The molecule has 0 heterocycles. The fraction of sp³-hybridized carbons (Fsp3) is 0. The highest BCUT2D eigenvalue weighted by atomic mass is 14.2. The third-order valence-corrected chi connectivity index (χ3v) is 14.6. The highest BCUT2D eigenvalue weighted by molar-refractivity contribution is 6.28. The largest absolute Gasteiger partial charge is 0.0622 e. The predicted octanol–water partition coefficient (Wildman–Crippen LogP) is 19.2. The molecular formula is C68H42. The standard InChI is InChI=1S/C68H42/c1-3-13-43(14-4-1)49-25-26-52-40-53(42-65(64(52)41-49)60-23-11-19-44-17-7-9-21-54(44)60)57-34-28-48-29-37-62-56(33-27-47-30-38-63(57)67(48)66(47)62)50-31-36-59-51(39-50)32-35-58(46-15-5-2-6-16-46)68(59)61-24-12-20-45-18-8-10-22-55(45)61/h1-42H. The maximum atomic E-state index is 2.45. The van der Waals surface area contributed by atoms with E-state index < -0.39 is 0 Å². The van der Waals surface area contributed by atoms with Gasteiger partial charge in [-0.3, -0.25) is 0 Å². The van der Waals surface area contributed by atoms with E-state index in [0.717, 1.165) is 0 Å². The molecule has 14 rings (SSSR count). The van der Waals surface area contributed by atoms with Gasteiger partial charge < -0.3 is 0 Å². The third kappa shape index (κ3) is 6.08. The van der Waals surface area contributed by atoms with Crippen molar-refractivity contribution in [1.82, 2.24) is 0 Å². The van der Waals surface area contributed by atoms with Crippen LogP contribution in [0.5, 0.6) is 0 Å². The average Bonchev–Trinajstić information content (AvgIpc) is 3.41. The first kappa shape index (κ1) is 38.4. The number of benzene rings is 14. The minimum atomic E-state index is 1.22. The van der Waals surface area contributed by atoms with Crippen molar-refractivity contribution in [2.24, 2.45) is 0 Å². The van der Waals surface area contributed by atoms with Crippen molar-refractivity contribution in [3.8, 4) is 66.8 Å². The molecule has 0 heteroatoms. The molecule has 0 N–H and O–H groups in total. The van der Waals surface area contributed by atoms with Gasteiger partial charge in [-0.15, -0.1) is 0 Å². The molecule has 0 saturated heterocycles. The zero-order chi connectivity index (χ0) is 44.7. The van der Waals surface area contributed by atoms with Crippen molar-refractivity contribution in [3.05, 3.63) is 255 Å². The Hall–Kier alpha value is -8.84. The highest BCUT2D eigenvalue weighted by Gasteiger charge is 2.20. The van der Waals surface area contributed by atoms with Gasteiger partial charge in [0.25, 0.3) is 0 Å². The van der Waals surface area contributed by atoms with Crippen LogP contribution < -0.4 is 0 Å². The molecule has 0 amide bonds. The summed E-state index contributed by atoms with van der Waals surface area (Å²) in [4.78, 5) is 0. The van der Waals surface area contributed by atoms with Crippen LogP contribution in [0, 0.1) is 0 Å². The van der Waals surface area contributed by atoms with Crippen LogP contribution in [0.15, 0.2) is 255 Å². The molecular weight excluding hydrogens is 817 g/mol. The normalized spacial score (nSPS) is 11.8. The molecule has 0 atom stereocenters. The van der Waals surface area contributed by atoms with E-state index in [2.05, 4.69) is 255 Å². The summed E-state index contributed by atoms with van der Waals surface area (Å²) >= 11 is 0. The van der Waals surface area contributed by atoms with Crippen molar-refractivity contribution in [2.75, 3.05) is 0 Å². The SMILES string of the molecule is c1ccc(-c2ccc3cc(-c4ccc5ccc6c(-c7ccc8c(-c9cccc%10ccccc9%10)c(-c9ccccc9)ccc8c7)ccc7ccc4c5c76)cc(-c4cccc5ccccc45)c3c2)cc1. The Morgan fingerprint density at radius 1 is 0.162 bits per heavy atom. The Balaban J connectivity index is 0.957. The number of hydrogen-bond acceptors (Lipinski definition) is 0. The van der Waals surface area contributed by atoms with Gasteiger partial charge in [0.15, 0.2) is 0 Å². The Labute approximate surface area is 395 Å². The van der Waals surface area contributed by atoms with Crippen molar-refractivity contribution >= 4 is 75.4 Å². The van der Waals surface area contributed by atoms with Crippen molar-refractivity contribution < 1.29 is 0 Å². The van der Waals surface area contributed by atoms with E-state index in [1.54, 1.807) is 0 Å². The van der Waals surface area contributed by atoms with Crippen LogP contribution in [0.4, 0.5) is 0 Å². The van der Waals surface area contributed by atoms with Gasteiger partial charge in [0.2, 0.25) is 0 Å². The Kier molecular flexibility index (Phi) is 8.69. The van der Waals surface area contributed by atoms with Gasteiger partial charge in [-0.1, -0.05) is 231 Å². The quantitative estimate of drug-likeness (QED) is 0.146. The Bertz CT molecular complexity index is 4280. The predicted molar refractivity (Wildman–Crippen MR) is 293 cm³/mol. The summed E-state index contributed by atoms with van der Waals surface area (Å²) < 4.78 is 0. The second-order valence-electron chi connectivity index (χ2n) is 18.3. The first-order chi connectivity index (χ1) is 33.7. The molecule has 0 aromatic heterocycles. The minimum absolute atomic E-state index is 1.22. The van der Waals surface area contributed by atoms with Gasteiger partial charge in [0.05, 0.1) is 0 Å². The van der Waals surface area contributed by atoms with Gasteiger partial charge in [-0.2, -0.15) is 0 Å². The van der Waals surface area contributed by atoms with E-state index in [9.17, 15) is 0 Å². The summed E-state index contributed by atoms with van der Waals surface area (Å²) in [6, 6.07) is 94.8. The van der Waals surface area contributed by atoms with E-state index in [1.165, 1.54) is 142 Å². The second-order valence-corrected chi connectivity index (χ2v) is 18.3. The topological polar surface area (TPSA) is 0 Å². The zero-order valence-electron chi connectivity index (χ0n) is 37.2. The molecule has 0 saturated carbocycles. The summed E-state index contributed by atoms with van der Waals surface area (Å²) in [5.74, 6) is 0. The molecule has 0 radical (unpaired) electrons. The van der Waals surface area contributed by atoms with Crippen molar-refractivity contribution in [2.45, 2.75) is 0 Å². The average molecular weight is 859 g/mol. The fourth-order valence-electron chi connectivity index (χ4n) is 11.4. The van der Waals surface area contributed by atoms with Crippen LogP contribution in [0.25, 0.3) is 142 Å². The molecule has 0 aliphatic rings. The first-order valence-corrected chi connectivity index (χ1v) is 23.6. The molecule has 0 bridgehead atoms. The van der Waals surface area contributed by atoms with Gasteiger partial charge in [-0.05, 0) is 166 Å². The van der Waals surface area contributed by atoms with Gasteiger partial charge in [0.1, 0.15) is 0 Å². The Morgan fingerprint density at radius 3 is 1.35 bits per heavy atom. The molecule has 314 valence electrons. The molecule has 0 spiro atoms. The van der Waals surface area contributed by atoms with E-state index in [0.29, 0.717) is 0 Å². The first-order valence-electron chi connectivity index (χ1n) is 23.6. The summed E-state index contributed by atoms with van der Waals surface area (Å²) in [5, 5.41) is 17.7. The molecule has 0 nitrogen and oxygen atoms in total. The smallest absolute Gasteiger partial charge is 0.00203 e. The van der Waals surface area contributed by atoms with Crippen LogP contribution in [0.2, 0.25) is 0 Å². The summed E-state index contributed by atoms with van der Waals surface area (Å²) in [5.41, 5.74) is 14.9. The van der Waals surface area contributed by atoms with E-state index in [4.69, 9.17) is 0 Å². The molecule has 68 heavy (non-hydrogen) atoms. The van der Waals surface area contributed by atoms with Crippen LogP contribution in [-0.4, -0.2) is 0 Å². The zero-order valence-corrected chi connectivity index (χ0v) is 37.2. The minimum Gasteiger partial charge on any atom is -0.0622 e. The second kappa shape index (κ2) is 15.4. The lowest BCUT2D eigenvalue weighted by Gasteiger charge is -2.19. The van der Waals surface area contributed by atoms with Crippen molar-refractivity contribution in [3.63, 3.8) is 0 Å².